The van der Waals surface area contributed by atoms with E-state index in [1.807, 2.05) is 12.1 Å². The second-order valence-electron chi connectivity index (χ2n) is 6.66. The average Bonchev–Trinajstić information content (AvgIpc) is 3.20. The van der Waals surface area contributed by atoms with Crippen molar-refractivity contribution in [3.8, 4) is 0 Å². The van der Waals surface area contributed by atoms with Crippen LogP contribution < -0.4 is 16.4 Å². The van der Waals surface area contributed by atoms with Crippen LogP contribution in [0.2, 0.25) is 5.02 Å². The van der Waals surface area contributed by atoms with Crippen LogP contribution in [0.15, 0.2) is 24.3 Å². The fraction of sp³-hybridized carbons (Fsp3) is 0.529. The lowest BCUT2D eigenvalue weighted by Gasteiger charge is -2.24. The number of nitrogens with one attached hydrogen (secondary N) is 2. The van der Waals surface area contributed by atoms with E-state index < -0.39 is 11.9 Å². The minimum Gasteiger partial charge on any atom is -0.370 e. The zero-order valence-corrected chi connectivity index (χ0v) is 13.7. The summed E-state index contributed by atoms with van der Waals surface area (Å²) in [5, 5.41) is 6.91. The van der Waals surface area contributed by atoms with Crippen molar-refractivity contribution in [1.82, 2.24) is 10.6 Å². The number of primary amides is 1. The van der Waals surface area contributed by atoms with Gasteiger partial charge in [-0.15, -0.1) is 0 Å². The first-order valence-electron chi connectivity index (χ1n) is 8.05. The topological polar surface area (TPSA) is 84.2 Å². The van der Waals surface area contributed by atoms with Crippen LogP contribution in [0.25, 0.3) is 0 Å². The third-order valence-corrected chi connectivity index (χ3v) is 5.31. The summed E-state index contributed by atoms with van der Waals surface area (Å²) in [7, 11) is 0. The number of piperidine rings is 1. The Morgan fingerprint density at radius 1 is 1.39 bits per heavy atom. The van der Waals surface area contributed by atoms with Gasteiger partial charge in [-0.2, -0.15) is 0 Å². The van der Waals surface area contributed by atoms with E-state index in [1.54, 1.807) is 12.1 Å². The molecule has 0 radical (unpaired) electrons. The zero-order valence-electron chi connectivity index (χ0n) is 13.0. The molecule has 1 aliphatic carbocycles. The minimum atomic E-state index is -0.442. The van der Waals surface area contributed by atoms with E-state index in [1.165, 1.54) is 0 Å². The first-order valence-corrected chi connectivity index (χ1v) is 8.43. The lowest BCUT2D eigenvalue weighted by molar-refractivity contribution is -0.124. The van der Waals surface area contributed by atoms with Crippen LogP contribution in [0.4, 0.5) is 0 Å². The number of amides is 2. The molecule has 1 aromatic carbocycles. The van der Waals surface area contributed by atoms with Crippen LogP contribution >= 0.6 is 11.6 Å². The summed E-state index contributed by atoms with van der Waals surface area (Å²) in [6.45, 7) is 1.95. The molecule has 3 rings (SSSR count). The van der Waals surface area contributed by atoms with Gasteiger partial charge in [-0.05, 0) is 55.5 Å². The van der Waals surface area contributed by atoms with Gasteiger partial charge in [-0.3, -0.25) is 9.59 Å². The maximum atomic E-state index is 12.6. The lowest BCUT2D eigenvalue weighted by Crippen LogP contribution is -2.36. The van der Waals surface area contributed by atoms with Crippen LogP contribution in [-0.2, 0) is 9.59 Å². The number of halogens is 1. The monoisotopic (exact) mass is 335 g/mol. The molecule has 5 nitrogen and oxygen atoms in total. The molecular weight excluding hydrogens is 314 g/mol. The molecule has 0 bridgehead atoms. The summed E-state index contributed by atoms with van der Waals surface area (Å²) in [6, 6.07) is 6.77. The highest BCUT2D eigenvalue weighted by Gasteiger charge is 2.57. The molecule has 0 aromatic heterocycles. The standard InChI is InChI=1S/C17H22ClN3O2/c18-12-3-1-2-11(8-12)14(9-15(19)22)21-16(23)13-10-17(13)4-6-20-7-5-17/h1-3,8,13-14,20H,4-7,9-10H2,(H2,19,22)(H,21,23)/t13?,14-/m1/s1. The fourth-order valence-electron chi connectivity index (χ4n) is 3.64. The highest BCUT2D eigenvalue weighted by atomic mass is 35.5. The highest BCUT2D eigenvalue weighted by Crippen LogP contribution is 2.58. The largest absolute Gasteiger partial charge is 0.370 e. The van der Waals surface area contributed by atoms with Crippen molar-refractivity contribution >= 4 is 23.4 Å². The molecule has 2 amide bonds. The molecule has 1 aliphatic heterocycles. The number of nitrogens with two attached hydrogens (primary N) is 1. The molecule has 124 valence electrons. The highest BCUT2D eigenvalue weighted by molar-refractivity contribution is 6.30. The van der Waals surface area contributed by atoms with Gasteiger partial charge in [-0.25, -0.2) is 0 Å². The Kier molecular flexibility index (Phi) is 4.60. The molecule has 1 aromatic rings. The van der Waals surface area contributed by atoms with Gasteiger partial charge in [0.1, 0.15) is 0 Å². The molecule has 6 heteroatoms. The van der Waals surface area contributed by atoms with Crippen molar-refractivity contribution in [3.63, 3.8) is 0 Å². The number of carbonyl (C=O) groups excluding carboxylic acids is 2. The molecule has 1 unspecified atom stereocenters. The van der Waals surface area contributed by atoms with Crippen LogP contribution in [0, 0.1) is 11.3 Å². The first kappa shape index (κ1) is 16.3. The third kappa shape index (κ3) is 3.67. The molecule has 2 atom stereocenters. The van der Waals surface area contributed by atoms with Gasteiger partial charge in [0.25, 0.3) is 0 Å². The van der Waals surface area contributed by atoms with Gasteiger partial charge >= 0.3 is 0 Å². The zero-order chi connectivity index (χ0) is 16.4. The lowest BCUT2D eigenvalue weighted by atomic mass is 9.91. The van der Waals surface area contributed by atoms with E-state index in [0.29, 0.717) is 5.02 Å². The molecule has 1 spiro atoms. The number of hydrogen-bond acceptors (Lipinski definition) is 3. The van der Waals surface area contributed by atoms with Gasteiger partial charge in [0.2, 0.25) is 11.8 Å². The molecule has 2 fully saturated rings. The van der Waals surface area contributed by atoms with E-state index >= 15 is 0 Å². The summed E-state index contributed by atoms with van der Waals surface area (Å²) in [6.07, 6.45) is 3.11. The van der Waals surface area contributed by atoms with Gasteiger partial charge in [-0.1, -0.05) is 23.7 Å². The van der Waals surface area contributed by atoms with Crippen molar-refractivity contribution in [3.05, 3.63) is 34.9 Å². The van der Waals surface area contributed by atoms with Gasteiger partial charge in [0, 0.05) is 10.9 Å². The van der Waals surface area contributed by atoms with E-state index in [4.69, 9.17) is 17.3 Å². The normalized spacial score (nSPS) is 23.3. The first-order chi connectivity index (χ1) is 11.0. The third-order valence-electron chi connectivity index (χ3n) is 5.08. The van der Waals surface area contributed by atoms with E-state index in [0.717, 1.165) is 37.9 Å². The van der Waals surface area contributed by atoms with E-state index in [-0.39, 0.29) is 23.7 Å². The summed E-state index contributed by atoms with van der Waals surface area (Å²) < 4.78 is 0. The summed E-state index contributed by atoms with van der Waals surface area (Å²) >= 11 is 6.02. The molecular formula is C17H22ClN3O2. The second kappa shape index (κ2) is 6.49. The molecule has 4 N–H and O–H groups in total. The van der Waals surface area contributed by atoms with E-state index in [9.17, 15) is 9.59 Å². The Labute approximate surface area is 141 Å². The predicted octanol–water partition coefficient (Wildman–Crippen LogP) is 1.76. The van der Waals surface area contributed by atoms with Crippen LogP contribution in [0.5, 0.6) is 0 Å². The number of hydrogen-bond donors (Lipinski definition) is 3. The van der Waals surface area contributed by atoms with Crippen molar-refractivity contribution in [2.75, 3.05) is 13.1 Å². The van der Waals surface area contributed by atoms with Gasteiger partial charge < -0.3 is 16.4 Å². The molecule has 1 saturated carbocycles. The smallest absolute Gasteiger partial charge is 0.224 e. The molecule has 1 saturated heterocycles. The van der Waals surface area contributed by atoms with Crippen molar-refractivity contribution in [1.29, 1.82) is 0 Å². The number of carbonyl (C=O) groups is 2. The van der Waals surface area contributed by atoms with Crippen LogP contribution in [0.3, 0.4) is 0 Å². The quantitative estimate of drug-likeness (QED) is 0.766. The Hall–Kier alpha value is -1.59. The Morgan fingerprint density at radius 2 is 2.13 bits per heavy atom. The Balaban J connectivity index is 1.69. The number of rotatable bonds is 5. The fourth-order valence-corrected chi connectivity index (χ4v) is 3.84. The van der Waals surface area contributed by atoms with Gasteiger partial charge in [0.15, 0.2) is 0 Å². The molecule has 2 aliphatic rings. The van der Waals surface area contributed by atoms with Crippen molar-refractivity contribution in [2.24, 2.45) is 17.1 Å². The SMILES string of the molecule is NC(=O)C[C@@H](NC(=O)C1CC12CCNCC2)c1cccc(Cl)c1. The molecule has 1 heterocycles. The minimum absolute atomic E-state index is 0.0260. The van der Waals surface area contributed by atoms with Crippen molar-refractivity contribution < 1.29 is 9.59 Å². The van der Waals surface area contributed by atoms with Crippen LogP contribution in [-0.4, -0.2) is 24.9 Å². The Bertz CT molecular complexity index is 614. The predicted molar refractivity (Wildman–Crippen MR) is 88.8 cm³/mol. The van der Waals surface area contributed by atoms with Gasteiger partial charge in [0.05, 0.1) is 12.5 Å². The molecule has 23 heavy (non-hydrogen) atoms. The summed E-state index contributed by atoms with van der Waals surface area (Å²) in [5.74, 6) is -0.361. The van der Waals surface area contributed by atoms with Crippen molar-refractivity contribution in [2.45, 2.75) is 31.7 Å². The van der Waals surface area contributed by atoms with Crippen LogP contribution in [0.1, 0.15) is 37.3 Å². The average molecular weight is 336 g/mol. The maximum absolute atomic E-state index is 12.6. The summed E-state index contributed by atoms with van der Waals surface area (Å²) in [4.78, 5) is 24.0. The Morgan fingerprint density at radius 3 is 2.78 bits per heavy atom. The number of benzene rings is 1. The second-order valence-corrected chi connectivity index (χ2v) is 7.09. The summed E-state index contributed by atoms with van der Waals surface area (Å²) in [5.41, 5.74) is 6.32. The van der Waals surface area contributed by atoms with E-state index in [2.05, 4.69) is 10.6 Å². The maximum Gasteiger partial charge on any atom is 0.224 e.